The normalized spacial score (nSPS) is 16.8. The maximum atomic E-state index is 13.4. The Morgan fingerprint density at radius 1 is 1.08 bits per heavy atom. The smallest absolute Gasteiger partial charge is 0.295 e. The number of hydrogen-bond acceptors (Lipinski definition) is 7. The highest BCUT2D eigenvalue weighted by Crippen LogP contribution is 2.42. The second-order valence-electron chi connectivity index (χ2n) is 9.63. The van der Waals surface area contributed by atoms with Crippen LogP contribution in [-0.4, -0.2) is 45.0 Å². The Balaban J connectivity index is 1.83. The average molecular weight is 517 g/mol. The van der Waals surface area contributed by atoms with Gasteiger partial charge in [0.05, 0.1) is 24.8 Å². The van der Waals surface area contributed by atoms with Crippen LogP contribution >= 0.6 is 0 Å². The molecule has 2 N–H and O–H groups in total. The van der Waals surface area contributed by atoms with Gasteiger partial charge in [-0.3, -0.25) is 14.6 Å². The summed E-state index contributed by atoms with van der Waals surface area (Å²) in [6.07, 6.45) is 3.25. The van der Waals surface area contributed by atoms with Gasteiger partial charge < -0.3 is 24.6 Å². The van der Waals surface area contributed by atoms with Gasteiger partial charge in [-0.1, -0.05) is 26.0 Å². The number of ether oxygens (including phenoxy) is 2. The number of rotatable bonds is 9. The Morgan fingerprint density at radius 2 is 1.87 bits per heavy atom. The molecule has 2 heterocycles. The molecule has 0 saturated carbocycles. The SMILES string of the molecule is CCOc1cc([C@@H]2C(=C(O)c3ccc(OCC(C)C)c(C)c3)C(=O)C(=O)N2Cc2cccnc2)ccc1O. The molecule has 1 aliphatic heterocycles. The first-order valence-electron chi connectivity index (χ1n) is 12.6. The Bertz CT molecular complexity index is 1370. The van der Waals surface area contributed by atoms with Crippen molar-refractivity contribution in [3.63, 3.8) is 0 Å². The van der Waals surface area contributed by atoms with E-state index in [1.54, 1.807) is 55.7 Å². The van der Waals surface area contributed by atoms with Crippen molar-refractivity contribution >= 4 is 17.4 Å². The number of aromatic nitrogens is 1. The van der Waals surface area contributed by atoms with Gasteiger partial charge in [0, 0.05) is 24.5 Å². The van der Waals surface area contributed by atoms with Crippen molar-refractivity contribution in [3.8, 4) is 17.2 Å². The number of hydrogen-bond donors (Lipinski definition) is 2. The number of phenolic OH excluding ortho intramolecular Hbond substituents is 1. The number of likely N-dealkylation sites (tertiary alicyclic amines) is 1. The zero-order valence-corrected chi connectivity index (χ0v) is 22.0. The van der Waals surface area contributed by atoms with Crippen LogP contribution in [-0.2, 0) is 16.1 Å². The summed E-state index contributed by atoms with van der Waals surface area (Å²) in [4.78, 5) is 32.2. The lowest BCUT2D eigenvalue weighted by Gasteiger charge is -2.26. The number of aliphatic hydroxyl groups excluding tert-OH is 1. The summed E-state index contributed by atoms with van der Waals surface area (Å²) in [7, 11) is 0. The molecule has 0 unspecified atom stereocenters. The zero-order valence-electron chi connectivity index (χ0n) is 22.0. The Kier molecular flexibility index (Phi) is 8.00. The minimum Gasteiger partial charge on any atom is -0.507 e. The number of amides is 1. The quantitative estimate of drug-likeness (QED) is 0.230. The van der Waals surface area contributed by atoms with Gasteiger partial charge in [-0.05, 0) is 72.9 Å². The van der Waals surface area contributed by atoms with E-state index >= 15 is 0 Å². The molecular formula is C30H32N2O6. The van der Waals surface area contributed by atoms with Crippen LogP contribution in [0.3, 0.4) is 0 Å². The predicted octanol–water partition coefficient (Wildman–Crippen LogP) is 5.15. The van der Waals surface area contributed by atoms with Crippen molar-refractivity contribution in [2.75, 3.05) is 13.2 Å². The van der Waals surface area contributed by atoms with Crippen LogP contribution < -0.4 is 9.47 Å². The van der Waals surface area contributed by atoms with Gasteiger partial charge in [-0.25, -0.2) is 0 Å². The lowest BCUT2D eigenvalue weighted by Crippen LogP contribution is -2.29. The lowest BCUT2D eigenvalue weighted by atomic mass is 9.94. The van der Waals surface area contributed by atoms with Crippen LogP contribution in [0.1, 0.15) is 49.1 Å². The molecular weight excluding hydrogens is 484 g/mol. The van der Waals surface area contributed by atoms with E-state index in [0.29, 0.717) is 36.0 Å². The minimum atomic E-state index is -0.910. The van der Waals surface area contributed by atoms with Gasteiger partial charge in [0.25, 0.3) is 11.7 Å². The van der Waals surface area contributed by atoms with E-state index in [1.165, 1.54) is 11.0 Å². The van der Waals surface area contributed by atoms with Gasteiger partial charge in [0.15, 0.2) is 11.5 Å². The lowest BCUT2D eigenvalue weighted by molar-refractivity contribution is -0.140. The number of carbonyl (C=O) groups is 2. The Hall–Kier alpha value is -4.33. The second kappa shape index (κ2) is 11.4. The van der Waals surface area contributed by atoms with E-state index < -0.39 is 17.7 Å². The number of Topliss-reactive ketones (excluding diaryl/α,β-unsaturated/α-hetero) is 1. The molecule has 0 aliphatic carbocycles. The molecule has 0 bridgehead atoms. The van der Waals surface area contributed by atoms with Crippen molar-refractivity contribution in [3.05, 3.63) is 88.8 Å². The number of aliphatic hydroxyl groups is 1. The summed E-state index contributed by atoms with van der Waals surface area (Å²) in [5.74, 6) is -0.618. The van der Waals surface area contributed by atoms with Gasteiger partial charge in [-0.15, -0.1) is 0 Å². The van der Waals surface area contributed by atoms with Gasteiger partial charge >= 0.3 is 0 Å². The number of aryl methyl sites for hydroxylation is 1. The predicted molar refractivity (Wildman–Crippen MR) is 143 cm³/mol. The van der Waals surface area contributed by atoms with Crippen molar-refractivity contribution in [1.29, 1.82) is 0 Å². The minimum absolute atomic E-state index is 0.0396. The fraction of sp³-hybridized carbons (Fsp3) is 0.300. The monoisotopic (exact) mass is 516 g/mol. The average Bonchev–Trinajstić information content (AvgIpc) is 3.14. The van der Waals surface area contributed by atoms with Crippen LogP contribution in [0, 0.1) is 12.8 Å². The number of phenols is 1. The molecule has 1 aromatic heterocycles. The highest BCUT2D eigenvalue weighted by atomic mass is 16.5. The standard InChI is InChI=1S/C30H32N2O6/c1-5-37-25-14-21(8-10-23(25)33)27-26(29(35)30(36)32(27)16-20-7-6-12-31-15-20)28(34)22-9-11-24(19(4)13-22)38-17-18(2)3/h6-15,18,27,33-34H,5,16-17H2,1-4H3/t27-/m1/s1. The Morgan fingerprint density at radius 3 is 2.53 bits per heavy atom. The molecule has 2 aromatic carbocycles. The molecule has 1 aliphatic rings. The molecule has 1 fully saturated rings. The summed E-state index contributed by atoms with van der Waals surface area (Å²) < 4.78 is 11.4. The fourth-order valence-electron chi connectivity index (χ4n) is 4.42. The van der Waals surface area contributed by atoms with Crippen LogP contribution in [0.15, 0.2) is 66.5 Å². The zero-order chi connectivity index (χ0) is 27.4. The molecule has 3 aromatic rings. The third kappa shape index (κ3) is 5.49. The van der Waals surface area contributed by atoms with Crippen molar-refractivity contribution in [2.24, 2.45) is 5.92 Å². The first-order valence-corrected chi connectivity index (χ1v) is 12.6. The molecule has 8 heteroatoms. The van der Waals surface area contributed by atoms with E-state index in [9.17, 15) is 19.8 Å². The van der Waals surface area contributed by atoms with Gasteiger partial charge in [-0.2, -0.15) is 0 Å². The highest BCUT2D eigenvalue weighted by Gasteiger charge is 2.46. The van der Waals surface area contributed by atoms with Crippen molar-refractivity contribution in [2.45, 2.75) is 40.3 Å². The number of ketones is 1. The van der Waals surface area contributed by atoms with E-state index in [1.807, 2.05) is 13.0 Å². The first-order chi connectivity index (χ1) is 18.2. The molecule has 1 amide bonds. The third-order valence-electron chi connectivity index (χ3n) is 6.24. The largest absolute Gasteiger partial charge is 0.507 e. The number of aromatic hydroxyl groups is 1. The summed E-state index contributed by atoms with van der Waals surface area (Å²) in [6, 6.07) is 12.5. The van der Waals surface area contributed by atoms with Gasteiger partial charge in [0.2, 0.25) is 0 Å². The third-order valence-corrected chi connectivity index (χ3v) is 6.24. The fourth-order valence-corrected chi connectivity index (χ4v) is 4.42. The topological polar surface area (TPSA) is 109 Å². The maximum Gasteiger partial charge on any atom is 0.295 e. The number of nitrogens with zero attached hydrogens (tertiary/aromatic N) is 2. The summed E-state index contributed by atoms with van der Waals surface area (Å²) in [5, 5.41) is 21.7. The number of pyridine rings is 1. The summed E-state index contributed by atoms with van der Waals surface area (Å²) in [5.41, 5.74) is 2.39. The van der Waals surface area contributed by atoms with Crippen LogP contribution in [0.25, 0.3) is 5.76 Å². The highest BCUT2D eigenvalue weighted by molar-refractivity contribution is 6.46. The molecule has 0 radical (unpaired) electrons. The van der Waals surface area contributed by atoms with Crippen molar-refractivity contribution in [1.82, 2.24) is 9.88 Å². The van der Waals surface area contributed by atoms with E-state index in [0.717, 1.165) is 11.1 Å². The van der Waals surface area contributed by atoms with E-state index in [-0.39, 0.29) is 29.4 Å². The van der Waals surface area contributed by atoms with Crippen LogP contribution in [0.2, 0.25) is 0 Å². The molecule has 38 heavy (non-hydrogen) atoms. The Labute approximate surface area is 222 Å². The molecule has 1 atom stereocenters. The first kappa shape index (κ1) is 26.7. The second-order valence-corrected chi connectivity index (χ2v) is 9.63. The van der Waals surface area contributed by atoms with Crippen LogP contribution in [0.4, 0.5) is 0 Å². The molecule has 8 nitrogen and oxygen atoms in total. The number of benzene rings is 2. The molecule has 198 valence electrons. The van der Waals surface area contributed by atoms with Crippen LogP contribution in [0.5, 0.6) is 17.2 Å². The van der Waals surface area contributed by atoms with Crippen molar-refractivity contribution < 1.29 is 29.3 Å². The molecule has 4 rings (SSSR count). The summed E-state index contributed by atoms with van der Waals surface area (Å²) in [6.45, 7) is 8.73. The molecule has 0 spiro atoms. The molecule has 1 saturated heterocycles. The van der Waals surface area contributed by atoms with Gasteiger partial charge in [0.1, 0.15) is 11.5 Å². The number of carbonyl (C=O) groups excluding carboxylic acids is 2. The van der Waals surface area contributed by atoms with E-state index in [2.05, 4.69) is 18.8 Å². The summed E-state index contributed by atoms with van der Waals surface area (Å²) >= 11 is 0. The maximum absolute atomic E-state index is 13.4. The van der Waals surface area contributed by atoms with E-state index in [4.69, 9.17) is 9.47 Å².